The highest BCUT2D eigenvalue weighted by Crippen LogP contribution is 2.23. The maximum Gasteiger partial charge on any atom is 0.410 e. The molecule has 0 radical (unpaired) electrons. The molecule has 11 heteroatoms. The van der Waals surface area contributed by atoms with E-state index in [1.807, 2.05) is 38.1 Å². The molecule has 39 heavy (non-hydrogen) atoms. The Morgan fingerprint density at radius 1 is 1.15 bits per heavy atom. The lowest BCUT2D eigenvalue weighted by atomic mass is 10.0. The van der Waals surface area contributed by atoms with Crippen LogP contribution in [-0.2, 0) is 16.1 Å². The number of methoxy groups -OCH3 is 1. The van der Waals surface area contributed by atoms with Gasteiger partial charge in [-0.15, -0.1) is 0 Å². The number of halogens is 2. The van der Waals surface area contributed by atoms with Crippen molar-refractivity contribution < 1.29 is 28.9 Å². The Morgan fingerprint density at radius 3 is 2.38 bits per heavy atom. The molecule has 1 heterocycles. The Labute approximate surface area is 244 Å². The first-order valence-corrected chi connectivity index (χ1v) is 13.8. The third kappa shape index (κ3) is 10.6. The van der Waals surface area contributed by atoms with Crippen molar-refractivity contribution in [1.82, 2.24) is 14.8 Å². The van der Waals surface area contributed by atoms with E-state index in [0.29, 0.717) is 11.1 Å². The summed E-state index contributed by atoms with van der Waals surface area (Å²) < 4.78 is 17.1. The Bertz CT molecular complexity index is 1100. The van der Waals surface area contributed by atoms with E-state index in [1.54, 1.807) is 45.9 Å². The van der Waals surface area contributed by atoms with Crippen LogP contribution in [-0.4, -0.2) is 83.5 Å². The third-order valence-electron chi connectivity index (χ3n) is 5.92. The van der Waals surface area contributed by atoms with Crippen LogP contribution in [0.2, 0.25) is 5.15 Å². The molecular formula is C28H39BrClN3O6. The third-order valence-corrected chi connectivity index (χ3v) is 6.66. The molecule has 0 aliphatic carbocycles. The Kier molecular flexibility index (Phi) is 12.5. The van der Waals surface area contributed by atoms with Crippen molar-refractivity contribution in [2.75, 3.05) is 33.9 Å². The molecule has 2 amide bonds. The summed E-state index contributed by atoms with van der Waals surface area (Å²) in [6.07, 6.45) is 0.0688. The van der Waals surface area contributed by atoms with Gasteiger partial charge in [-0.25, -0.2) is 9.78 Å². The van der Waals surface area contributed by atoms with E-state index < -0.39 is 17.8 Å². The first-order valence-electron chi connectivity index (χ1n) is 12.7. The van der Waals surface area contributed by atoms with Gasteiger partial charge in [0.15, 0.2) is 0 Å². The van der Waals surface area contributed by atoms with Crippen LogP contribution in [0.15, 0.2) is 41.0 Å². The number of carbonyl (C=O) groups excluding carboxylic acids is 2. The fraction of sp³-hybridized carbons (Fsp3) is 0.536. The molecule has 0 saturated carbocycles. The number of benzene rings is 1. The number of amides is 2. The number of ether oxygens (including phenoxy) is 3. The molecule has 216 valence electrons. The van der Waals surface area contributed by atoms with Gasteiger partial charge in [0.1, 0.15) is 16.5 Å². The van der Waals surface area contributed by atoms with Gasteiger partial charge in [-0.2, -0.15) is 0 Å². The van der Waals surface area contributed by atoms with Crippen LogP contribution in [0.4, 0.5) is 4.79 Å². The summed E-state index contributed by atoms with van der Waals surface area (Å²) in [4.78, 5) is 33.0. The second-order valence-corrected chi connectivity index (χ2v) is 11.8. The van der Waals surface area contributed by atoms with Crippen LogP contribution in [0.25, 0.3) is 0 Å². The van der Waals surface area contributed by atoms with E-state index in [0.717, 1.165) is 11.3 Å². The van der Waals surface area contributed by atoms with Crippen molar-refractivity contribution in [2.45, 2.75) is 59.0 Å². The number of aliphatic hydroxyl groups is 1. The number of hydrogen-bond donors (Lipinski definition) is 1. The minimum atomic E-state index is -0.915. The monoisotopic (exact) mass is 627 g/mol. The van der Waals surface area contributed by atoms with E-state index in [-0.39, 0.29) is 48.3 Å². The van der Waals surface area contributed by atoms with Crippen molar-refractivity contribution in [3.63, 3.8) is 0 Å². The molecule has 9 nitrogen and oxygen atoms in total. The first-order chi connectivity index (χ1) is 18.2. The summed E-state index contributed by atoms with van der Waals surface area (Å²) in [5.74, 6) is 0.0314. The maximum atomic E-state index is 13.7. The number of carbonyl (C=O) groups is 2. The Hall–Kier alpha value is -2.40. The molecular weight excluding hydrogens is 590 g/mol. The number of rotatable bonds is 12. The van der Waals surface area contributed by atoms with Crippen LogP contribution in [0.3, 0.4) is 0 Å². The highest BCUT2D eigenvalue weighted by molar-refractivity contribution is 9.10. The van der Waals surface area contributed by atoms with Crippen molar-refractivity contribution in [1.29, 1.82) is 0 Å². The highest BCUT2D eigenvalue weighted by Gasteiger charge is 2.30. The number of hydrogen-bond acceptors (Lipinski definition) is 7. The topological polar surface area (TPSA) is 101 Å². The normalized spacial score (nSPS) is 13.8. The zero-order valence-corrected chi connectivity index (χ0v) is 26.0. The fourth-order valence-corrected chi connectivity index (χ4v) is 4.17. The molecule has 0 aliphatic heterocycles. The smallest absolute Gasteiger partial charge is 0.410 e. The van der Waals surface area contributed by atoms with Crippen LogP contribution < -0.4 is 4.74 Å². The summed E-state index contributed by atoms with van der Waals surface area (Å²) in [5, 5.41) is 11.0. The number of aromatic nitrogens is 1. The summed E-state index contributed by atoms with van der Waals surface area (Å²) in [6.45, 7) is 9.87. The lowest BCUT2D eigenvalue weighted by Gasteiger charge is -2.34. The number of aliphatic hydroxyl groups excluding tert-OH is 1. The number of pyridine rings is 1. The van der Waals surface area contributed by atoms with Crippen LogP contribution in [0.5, 0.6) is 5.75 Å². The van der Waals surface area contributed by atoms with Crippen LogP contribution in [0.1, 0.15) is 50.5 Å². The summed E-state index contributed by atoms with van der Waals surface area (Å²) in [6, 6.07) is 8.81. The molecule has 3 unspecified atom stereocenters. The van der Waals surface area contributed by atoms with Gasteiger partial charge in [-0.05, 0) is 67.4 Å². The average Bonchev–Trinajstić information content (AvgIpc) is 2.87. The van der Waals surface area contributed by atoms with E-state index in [9.17, 15) is 14.7 Å². The number of nitrogens with zero attached hydrogens (tertiary/aromatic N) is 3. The lowest BCUT2D eigenvalue weighted by molar-refractivity contribution is 0.00568. The largest absolute Gasteiger partial charge is 0.497 e. The van der Waals surface area contributed by atoms with Crippen molar-refractivity contribution >= 4 is 39.5 Å². The standard InChI is InChI=1S/C28H39BrClN3O6/c1-18(24(34)15-32(6)27(36)39-28(3,4)5)14-33(26(35)23-12-21(29)13-31-25(23)30)19(2)16-38-17-20-8-10-22(37-7)11-9-20/h8-13,18-19,24,34H,14-17H2,1-7H3. The summed E-state index contributed by atoms with van der Waals surface area (Å²) in [7, 11) is 3.18. The molecule has 0 saturated heterocycles. The van der Waals surface area contributed by atoms with Gasteiger partial charge in [0.25, 0.3) is 5.91 Å². The van der Waals surface area contributed by atoms with Gasteiger partial charge in [0, 0.05) is 36.7 Å². The van der Waals surface area contributed by atoms with Gasteiger partial charge in [-0.1, -0.05) is 30.7 Å². The molecule has 0 aliphatic rings. The lowest BCUT2D eigenvalue weighted by Crippen LogP contribution is -2.47. The second kappa shape index (κ2) is 14.8. The van der Waals surface area contributed by atoms with Crippen molar-refractivity contribution in [2.24, 2.45) is 5.92 Å². The number of likely N-dealkylation sites (N-methyl/N-ethyl adjacent to an activating group) is 1. The molecule has 1 aromatic carbocycles. The molecule has 1 aromatic heterocycles. The first kappa shape index (κ1) is 32.8. The fourth-order valence-electron chi connectivity index (χ4n) is 3.66. The zero-order chi connectivity index (χ0) is 29.3. The zero-order valence-electron chi connectivity index (χ0n) is 23.6. The van der Waals surface area contributed by atoms with Gasteiger partial charge in [0.2, 0.25) is 0 Å². The van der Waals surface area contributed by atoms with Gasteiger partial charge in [-0.3, -0.25) is 4.79 Å². The molecule has 0 bridgehead atoms. The summed E-state index contributed by atoms with van der Waals surface area (Å²) >= 11 is 9.63. The SMILES string of the molecule is COc1ccc(COCC(C)N(CC(C)C(O)CN(C)C(=O)OC(C)(C)C)C(=O)c2cc(Br)cnc2Cl)cc1. The molecule has 0 spiro atoms. The predicted molar refractivity (Wildman–Crippen MR) is 154 cm³/mol. The van der Waals surface area contributed by atoms with Crippen molar-refractivity contribution in [3.8, 4) is 5.75 Å². The van der Waals surface area contributed by atoms with Gasteiger partial charge >= 0.3 is 6.09 Å². The minimum absolute atomic E-state index is 0.0413. The predicted octanol–water partition coefficient (Wildman–Crippen LogP) is 5.42. The Morgan fingerprint density at radius 2 is 1.79 bits per heavy atom. The molecule has 2 rings (SSSR count). The van der Waals surface area contributed by atoms with Crippen LogP contribution >= 0.6 is 27.5 Å². The molecule has 2 aromatic rings. The van der Waals surface area contributed by atoms with Crippen LogP contribution in [0, 0.1) is 5.92 Å². The maximum absolute atomic E-state index is 13.7. The second-order valence-electron chi connectivity index (χ2n) is 10.6. The van der Waals surface area contributed by atoms with E-state index in [1.165, 1.54) is 11.1 Å². The van der Waals surface area contributed by atoms with Gasteiger partial charge < -0.3 is 29.1 Å². The minimum Gasteiger partial charge on any atom is -0.497 e. The Balaban J connectivity index is 2.14. The van der Waals surface area contributed by atoms with E-state index in [4.69, 9.17) is 25.8 Å². The van der Waals surface area contributed by atoms with E-state index in [2.05, 4.69) is 20.9 Å². The molecule has 3 atom stereocenters. The summed E-state index contributed by atoms with van der Waals surface area (Å²) in [5.41, 5.74) is 0.554. The molecule has 0 fully saturated rings. The quantitative estimate of drug-likeness (QED) is 0.313. The van der Waals surface area contributed by atoms with E-state index >= 15 is 0 Å². The molecule has 1 N–H and O–H groups in total. The van der Waals surface area contributed by atoms with Crippen molar-refractivity contribution in [3.05, 3.63) is 57.3 Å². The average molecular weight is 629 g/mol. The highest BCUT2D eigenvalue weighted by atomic mass is 79.9. The van der Waals surface area contributed by atoms with Gasteiger partial charge in [0.05, 0.1) is 38.0 Å².